The van der Waals surface area contributed by atoms with Gasteiger partial charge in [0, 0.05) is 5.69 Å². The fraction of sp³-hybridized carbons (Fsp3) is 0.174. The molecule has 0 unspecified atom stereocenters. The maximum absolute atomic E-state index is 13.3. The first kappa shape index (κ1) is 22.1. The summed E-state index contributed by atoms with van der Waals surface area (Å²) in [5, 5.41) is 2.82. The molecule has 7 nitrogen and oxygen atoms in total. The zero-order valence-corrected chi connectivity index (χ0v) is 19.2. The van der Waals surface area contributed by atoms with E-state index in [1.54, 1.807) is 42.5 Å². The summed E-state index contributed by atoms with van der Waals surface area (Å²) in [7, 11) is -4.07. The maximum Gasteiger partial charge on any atom is 0.247 e. The van der Waals surface area contributed by atoms with Crippen LogP contribution in [0.1, 0.15) is 36.9 Å². The maximum atomic E-state index is 13.3. The van der Waals surface area contributed by atoms with Gasteiger partial charge in [0.25, 0.3) is 0 Å². The molecule has 0 fully saturated rings. The van der Waals surface area contributed by atoms with Crippen LogP contribution in [0.2, 0.25) is 0 Å². The molecule has 1 aromatic heterocycles. The Labute approximate surface area is 190 Å². The normalized spacial score (nSPS) is 12.7. The topological polar surface area (TPSA) is 101 Å². The number of anilines is 1. The first-order valence-electron chi connectivity index (χ1n) is 10.0. The molecule has 2 N–H and O–H groups in total. The minimum absolute atomic E-state index is 0.0150. The van der Waals surface area contributed by atoms with Crippen LogP contribution in [0.4, 0.5) is 5.69 Å². The molecular formula is C23H22N4O3S2. The van der Waals surface area contributed by atoms with Crippen LogP contribution >= 0.6 is 11.7 Å². The van der Waals surface area contributed by atoms with Crippen molar-refractivity contribution in [1.29, 1.82) is 0 Å². The monoisotopic (exact) mass is 466 g/mol. The van der Waals surface area contributed by atoms with Gasteiger partial charge >= 0.3 is 0 Å². The van der Waals surface area contributed by atoms with E-state index in [1.165, 1.54) is 6.07 Å². The van der Waals surface area contributed by atoms with Gasteiger partial charge in [-0.2, -0.15) is 13.5 Å². The number of carbonyl (C=O) groups excluding carboxylic acids is 1. The molecule has 32 heavy (non-hydrogen) atoms. The number of carbonyl (C=O) groups is 1. The predicted octanol–water partition coefficient (Wildman–Crippen LogP) is 4.47. The number of fused-ring (bicyclic) bond motifs is 1. The van der Waals surface area contributed by atoms with Gasteiger partial charge in [-0.15, -0.1) is 0 Å². The summed E-state index contributed by atoms with van der Waals surface area (Å²) in [5.74, 6) is -0.118. The lowest BCUT2D eigenvalue weighted by molar-refractivity contribution is -0.117. The Balaban J connectivity index is 1.65. The minimum Gasteiger partial charge on any atom is -0.324 e. The lowest BCUT2D eigenvalue weighted by Gasteiger charge is -2.19. The van der Waals surface area contributed by atoms with Crippen LogP contribution in [-0.4, -0.2) is 23.1 Å². The molecule has 3 aromatic carbocycles. The minimum atomic E-state index is -4.07. The van der Waals surface area contributed by atoms with Gasteiger partial charge in [-0.3, -0.25) is 4.79 Å². The molecule has 0 saturated heterocycles. The Morgan fingerprint density at radius 2 is 1.59 bits per heavy atom. The van der Waals surface area contributed by atoms with Crippen molar-refractivity contribution in [2.24, 2.45) is 0 Å². The van der Waals surface area contributed by atoms with Crippen molar-refractivity contribution in [2.75, 3.05) is 5.32 Å². The molecular weight excluding hydrogens is 444 g/mol. The average Bonchev–Trinajstić information content (AvgIpc) is 3.27. The van der Waals surface area contributed by atoms with E-state index in [1.807, 2.05) is 24.3 Å². The number of aromatic nitrogens is 2. The molecule has 0 aliphatic heterocycles. The van der Waals surface area contributed by atoms with Crippen LogP contribution in [0.3, 0.4) is 0 Å². The van der Waals surface area contributed by atoms with Crippen LogP contribution < -0.4 is 10.0 Å². The second kappa shape index (κ2) is 9.15. The Bertz CT molecular complexity index is 1330. The third kappa shape index (κ3) is 4.69. The smallest absolute Gasteiger partial charge is 0.247 e. The van der Waals surface area contributed by atoms with Gasteiger partial charge in [0.1, 0.15) is 22.0 Å². The highest BCUT2D eigenvalue weighted by Crippen LogP contribution is 2.25. The molecule has 9 heteroatoms. The van der Waals surface area contributed by atoms with E-state index in [0.717, 1.165) is 17.3 Å². The molecule has 1 heterocycles. The second-order valence-corrected chi connectivity index (χ2v) is 9.83. The van der Waals surface area contributed by atoms with Gasteiger partial charge in [0.2, 0.25) is 15.9 Å². The third-order valence-corrected chi connectivity index (χ3v) is 7.05. The summed E-state index contributed by atoms with van der Waals surface area (Å²) in [6.07, 6.45) is 0. The van der Waals surface area contributed by atoms with Gasteiger partial charge in [0.05, 0.1) is 11.7 Å². The summed E-state index contributed by atoms with van der Waals surface area (Å²) in [5.41, 5.74) is 3.03. The van der Waals surface area contributed by atoms with E-state index in [4.69, 9.17) is 0 Å². The molecule has 0 saturated carbocycles. The van der Waals surface area contributed by atoms with Gasteiger partial charge in [0.15, 0.2) is 0 Å². The van der Waals surface area contributed by atoms with Crippen LogP contribution in [0.15, 0.2) is 77.7 Å². The number of hydrogen-bond acceptors (Lipinski definition) is 6. The Morgan fingerprint density at radius 3 is 2.28 bits per heavy atom. The van der Waals surface area contributed by atoms with E-state index >= 15 is 0 Å². The molecule has 0 aliphatic rings. The van der Waals surface area contributed by atoms with Crippen molar-refractivity contribution in [3.63, 3.8) is 0 Å². The fourth-order valence-corrected chi connectivity index (χ4v) is 5.25. The largest absolute Gasteiger partial charge is 0.324 e. The van der Waals surface area contributed by atoms with Crippen LogP contribution in [0.5, 0.6) is 0 Å². The number of nitrogens with one attached hydrogen (secondary N) is 2. The van der Waals surface area contributed by atoms with Crippen molar-refractivity contribution < 1.29 is 13.2 Å². The first-order valence-corrected chi connectivity index (χ1v) is 12.3. The van der Waals surface area contributed by atoms with Crippen molar-refractivity contribution in [3.05, 3.63) is 83.9 Å². The van der Waals surface area contributed by atoms with Gasteiger partial charge in [-0.05, 0) is 41.3 Å². The van der Waals surface area contributed by atoms with Crippen LogP contribution in [-0.2, 0) is 14.8 Å². The lowest BCUT2D eigenvalue weighted by atomic mass is 10.0. The quantitative estimate of drug-likeness (QED) is 0.418. The molecule has 4 rings (SSSR count). The van der Waals surface area contributed by atoms with Crippen molar-refractivity contribution in [3.8, 4) is 0 Å². The molecule has 1 atom stereocenters. The summed E-state index contributed by atoms with van der Waals surface area (Å²) in [6.45, 7) is 4.18. The molecule has 0 bridgehead atoms. The number of hydrogen-bond donors (Lipinski definition) is 2. The highest BCUT2D eigenvalue weighted by Gasteiger charge is 2.29. The summed E-state index contributed by atoms with van der Waals surface area (Å²) in [4.78, 5) is 13.2. The molecule has 0 aliphatic carbocycles. The molecule has 4 aromatic rings. The van der Waals surface area contributed by atoms with E-state index in [2.05, 4.69) is 32.6 Å². The molecule has 164 valence electrons. The van der Waals surface area contributed by atoms with E-state index < -0.39 is 22.0 Å². The number of amides is 1. The zero-order chi connectivity index (χ0) is 22.7. The average molecular weight is 467 g/mol. The predicted molar refractivity (Wildman–Crippen MR) is 126 cm³/mol. The first-order chi connectivity index (χ1) is 15.3. The Morgan fingerprint density at radius 1 is 0.875 bits per heavy atom. The second-order valence-electron chi connectivity index (χ2n) is 7.62. The molecule has 0 radical (unpaired) electrons. The number of sulfonamides is 1. The van der Waals surface area contributed by atoms with Crippen molar-refractivity contribution in [2.45, 2.75) is 30.7 Å². The van der Waals surface area contributed by atoms with Crippen molar-refractivity contribution in [1.82, 2.24) is 13.5 Å². The molecule has 1 amide bonds. The SMILES string of the molecule is CC(C)c1ccc(NC(=O)[C@@H](NS(=O)(=O)c2cccc3nsnc23)c2ccccc2)cc1. The Kier molecular flexibility index (Phi) is 6.31. The third-order valence-electron chi connectivity index (χ3n) is 5.05. The zero-order valence-electron chi connectivity index (χ0n) is 17.5. The highest BCUT2D eigenvalue weighted by molar-refractivity contribution is 7.89. The van der Waals surface area contributed by atoms with E-state index in [0.29, 0.717) is 22.7 Å². The fourth-order valence-electron chi connectivity index (χ4n) is 3.30. The summed E-state index contributed by atoms with van der Waals surface area (Å²) < 4.78 is 37.3. The molecule has 0 spiro atoms. The lowest BCUT2D eigenvalue weighted by Crippen LogP contribution is -2.37. The van der Waals surface area contributed by atoms with Gasteiger partial charge in [-0.1, -0.05) is 62.4 Å². The van der Waals surface area contributed by atoms with Crippen LogP contribution in [0.25, 0.3) is 11.0 Å². The number of rotatable bonds is 7. The highest BCUT2D eigenvalue weighted by atomic mass is 32.2. The van der Waals surface area contributed by atoms with Crippen molar-refractivity contribution >= 4 is 44.4 Å². The Hall–Kier alpha value is -3.14. The summed E-state index contributed by atoms with van der Waals surface area (Å²) >= 11 is 0.938. The van der Waals surface area contributed by atoms with Gasteiger partial charge < -0.3 is 5.32 Å². The van der Waals surface area contributed by atoms with E-state index in [9.17, 15) is 13.2 Å². The summed E-state index contributed by atoms with van der Waals surface area (Å²) in [6, 6.07) is 19.9. The number of benzene rings is 3. The van der Waals surface area contributed by atoms with Crippen LogP contribution in [0, 0.1) is 0 Å². The standard InChI is InChI=1S/C23H22N4O3S2/c1-15(2)16-11-13-18(14-12-16)24-23(28)21(17-7-4-3-5-8-17)27-32(29,30)20-10-6-9-19-22(20)26-31-25-19/h3-15,21,27H,1-2H3,(H,24,28)/t21-/m0/s1. The van der Waals surface area contributed by atoms with Gasteiger partial charge in [-0.25, -0.2) is 8.42 Å². The van der Waals surface area contributed by atoms with E-state index in [-0.39, 0.29) is 10.4 Å². The number of nitrogens with zero attached hydrogens (tertiary/aromatic N) is 2.